The molecule has 0 aromatic carbocycles. The van der Waals surface area contributed by atoms with Crippen molar-refractivity contribution in [3.8, 4) is 0 Å². The highest BCUT2D eigenvalue weighted by Crippen LogP contribution is 2.22. The lowest BCUT2D eigenvalue weighted by Crippen LogP contribution is -2.17. The van der Waals surface area contributed by atoms with Gasteiger partial charge in [0.15, 0.2) is 0 Å². The predicted octanol–water partition coefficient (Wildman–Crippen LogP) is 1.19. The molecule has 0 aliphatic heterocycles. The number of aryl methyl sites for hydroxylation is 2. The molecule has 2 rings (SSSR count). The van der Waals surface area contributed by atoms with E-state index in [1.54, 1.807) is 6.92 Å². The zero-order valence-electron chi connectivity index (χ0n) is 11.5. The van der Waals surface area contributed by atoms with Gasteiger partial charge in [0.1, 0.15) is 0 Å². The molecule has 0 unspecified atom stereocenters. The molecule has 0 bridgehead atoms. The number of rotatable bonds is 5. The lowest BCUT2D eigenvalue weighted by atomic mass is 10.3. The first-order valence-electron chi connectivity index (χ1n) is 6.23. The van der Waals surface area contributed by atoms with Crippen molar-refractivity contribution in [2.45, 2.75) is 33.9 Å². The van der Waals surface area contributed by atoms with Gasteiger partial charge < -0.3 is 4.74 Å². The molecule has 0 N–H and O–H groups in total. The standard InChI is InChI=1S/C11H15BrN6O2/c1-4-17-8(9(12)7(3)14-17)6-18-10(13-15-16-18)11(19)20-5-2/h4-6H2,1-3H3. The SMILES string of the molecule is CCOC(=O)c1nnnn1Cc1c(Br)c(C)nn1CC. The van der Waals surface area contributed by atoms with Crippen molar-refractivity contribution in [1.82, 2.24) is 30.0 Å². The van der Waals surface area contributed by atoms with E-state index in [1.165, 1.54) is 4.68 Å². The lowest BCUT2D eigenvalue weighted by molar-refractivity contribution is 0.0505. The summed E-state index contributed by atoms with van der Waals surface area (Å²) >= 11 is 3.50. The molecular weight excluding hydrogens is 328 g/mol. The highest BCUT2D eigenvalue weighted by Gasteiger charge is 2.20. The Morgan fingerprint density at radius 2 is 2.10 bits per heavy atom. The fourth-order valence-corrected chi connectivity index (χ4v) is 2.22. The summed E-state index contributed by atoms with van der Waals surface area (Å²) in [5, 5.41) is 15.5. The van der Waals surface area contributed by atoms with Crippen LogP contribution in [-0.2, 0) is 17.8 Å². The second kappa shape index (κ2) is 6.12. The van der Waals surface area contributed by atoms with E-state index < -0.39 is 5.97 Å². The molecule has 2 aromatic heterocycles. The normalized spacial score (nSPS) is 10.8. The molecule has 8 nitrogen and oxygen atoms in total. The minimum Gasteiger partial charge on any atom is -0.460 e. The van der Waals surface area contributed by atoms with Crippen LogP contribution in [0, 0.1) is 6.92 Å². The third-order valence-corrected chi connectivity index (χ3v) is 3.77. The molecule has 0 radical (unpaired) electrons. The molecule has 0 fully saturated rings. The summed E-state index contributed by atoms with van der Waals surface area (Å²) < 4.78 is 9.06. The third kappa shape index (κ3) is 2.72. The van der Waals surface area contributed by atoms with Crippen molar-refractivity contribution in [2.24, 2.45) is 0 Å². The number of nitrogens with zero attached hydrogens (tertiary/aromatic N) is 6. The number of halogens is 1. The monoisotopic (exact) mass is 342 g/mol. The van der Waals surface area contributed by atoms with Crippen LogP contribution in [0.15, 0.2) is 4.47 Å². The van der Waals surface area contributed by atoms with Gasteiger partial charge in [0.2, 0.25) is 0 Å². The fraction of sp³-hybridized carbons (Fsp3) is 0.545. The molecule has 0 spiro atoms. The van der Waals surface area contributed by atoms with Gasteiger partial charge in [0.25, 0.3) is 5.82 Å². The predicted molar refractivity (Wildman–Crippen MR) is 73.2 cm³/mol. The minimum atomic E-state index is -0.534. The summed E-state index contributed by atoms with van der Waals surface area (Å²) in [5.74, 6) is -0.451. The van der Waals surface area contributed by atoms with Gasteiger partial charge in [-0.2, -0.15) is 5.10 Å². The zero-order chi connectivity index (χ0) is 14.7. The molecule has 0 atom stereocenters. The third-order valence-electron chi connectivity index (χ3n) is 2.74. The maximum absolute atomic E-state index is 11.7. The van der Waals surface area contributed by atoms with Crippen molar-refractivity contribution < 1.29 is 9.53 Å². The van der Waals surface area contributed by atoms with Crippen molar-refractivity contribution in [1.29, 1.82) is 0 Å². The Morgan fingerprint density at radius 1 is 1.35 bits per heavy atom. The summed E-state index contributed by atoms with van der Waals surface area (Å²) in [6, 6.07) is 0. The van der Waals surface area contributed by atoms with E-state index in [0.29, 0.717) is 6.54 Å². The summed E-state index contributed by atoms with van der Waals surface area (Å²) in [4.78, 5) is 11.7. The number of ether oxygens (including phenoxy) is 1. The van der Waals surface area contributed by atoms with Crippen LogP contribution in [0.5, 0.6) is 0 Å². The Labute approximate surface area is 124 Å². The Morgan fingerprint density at radius 3 is 2.75 bits per heavy atom. The van der Waals surface area contributed by atoms with Crippen LogP contribution in [0.4, 0.5) is 0 Å². The van der Waals surface area contributed by atoms with Crippen LogP contribution in [-0.4, -0.2) is 42.6 Å². The molecule has 108 valence electrons. The van der Waals surface area contributed by atoms with Crippen LogP contribution in [0.2, 0.25) is 0 Å². The summed E-state index contributed by atoms with van der Waals surface area (Å²) in [6.45, 7) is 6.98. The maximum Gasteiger partial charge on any atom is 0.378 e. The lowest BCUT2D eigenvalue weighted by Gasteiger charge is -2.07. The summed E-state index contributed by atoms with van der Waals surface area (Å²) in [6.07, 6.45) is 0. The second-order valence-corrected chi connectivity index (χ2v) is 4.84. The zero-order valence-corrected chi connectivity index (χ0v) is 13.1. The van der Waals surface area contributed by atoms with Gasteiger partial charge in [-0.1, -0.05) is 0 Å². The Bertz CT molecular complexity index is 620. The highest BCUT2D eigenvalue weighted by molar-refractivity contribution is 9.10. The molecule has 2 aromatic rings. The molecule has 0 amide bonds. The molecule has 20 heavy (non-hydrogen) atoms. The average Bonchev–Trinajstić information content (AvgIpc) is 2.99. The molecule has 0 saturated heterocycles. The van der Waals surface area contributed by atoms with Gasteiger partial charge in [-0.25, -0.2) is 9.48 Å². The molecule has 0 aliphatic rings. The summed E-state index contributed by atoms with van der Waals surface area (Å²) in [7, 11) is 0. The van der Waals surface area contributed by atoms with Gasteiger partial charge in [-0.3, -0.25) is 4.68 Å². The number of hydrogen-bond acceptors (Lipinski definition) is 6. The van der Waals surface area contributed by atoms with Gasteiger partial charge >= 0.3 is 5.97 Å². The maximum atomic E-state index is 11.7. The van der Waals surface area contributed by atoms with Gasteiger partial charge in [-0.05, 0) is 47.1 Å². The first kappa shape index (κ1) is 14.6. The first-order chi connectivity index (χ1) is 9.58. The molecule has 9 heteroatoms. The smallest absolute Gasteiger partial charge is 0.378 e. The fourth-order valence-electron chi connectivity index (χ4n) is 1.81. The minimum absolute atomic E-state index is 0.0836. The van der Waals surface area contributed by atoms with E-state index >= 15 is 0 Å². The molecular formula is C11H15BrN6O2. The molecule has 0 saturated carbocycles. The number of hydrogen-bond donors (Lipinski definition) is 0. The van der Waals surface area contributed by atoms with Crippen LogP contribution in [0.1, 0.15) is 35.9 Å². The van der Waals surface area contributed by atoms with E-state index in [1.807, 2.05) is 18.5 Å². The van der Waals surface area contributed by atoms with Crippen molar-refractivity contribution in [3.05, 3.63) is 21.7 Å². The van der Waals surface area contributed by atoms with Gasteiger partial charge in [0.05, 0.1) is 29.0 Å². The largest absolute Gasteiger partial charge is 0.460 e. The highest BCUT2D eigenvalue weighted by atomic mass is 79.9. The Balaban J connectivity index is 2.32. The van der Waals surface area contributed by atoms with Crippen molar-refractivity contribution in [2.75, 3.05) is 6.61 Å². The van der Waals surface area contributed by atoms with Crippen LogP contribution in [0.3, 0.4) is 0 Å². The van der Waals surface area contributed by atoms with Gasteiger partial charge in [-0.15, -0.1) is 5.10 Å². The number of carbonyl (C=O) groups is 1. The van der Waals surface area contributed by atoms with E-state index in [0.717, 1.165) is 22.4 Å². The van der Waals surface area contributed by atoms with Crippen molar-refractivity contribution >= 4 is 21.9 Å². The van der Waals surface area contributed by atoms with E-state index in [4.69, 9.17) is 4.74 Å². The van der Waals surface area contributed by atoms with Crippen LogP contribution in [0.25, 0.3) is 0 Å². The first-order valence-corrected chi connectivity index (χ1v) is 7.02. The number of tetrazole rings is 1. The molecule has 2 heterocycles. The van der Waals surface area contributed by atoms with Gasteiger partial charge in [0, 0.05) is 6.54 Å². The van der Waals surface area contributed by atoms with E-state index in [-0.39, 0.29) is 12.4 Å². The number of aromatic nitrogens is 6. The van der Waals surface area contributed by atoms with Crippen LogP contribution < -0.4 is 0 Å². The van der Waals surface area contributed by atoms with E-state index in [2.05, 4.69) is 36.6 Å². The number of esters is 1. The Hall–Kier alpha value is -1.77. The van der Waals surface area contributed by atoms with E-state index in [9.17, 15) is 4.79 Å². The van der Waals surface area contributed by atoms with Crippen LogP contribution >= 0.6 is 15.9 Å². The molecule has 0 aliphatic carbocycles. The van der Waals surface area contributed by atoms with Crippen molar-refractivity contribution in [3.63, 3.8) is 0 Å². The topological polar surface area (TPSA) is 87.7 Å². The number of carbonyl (C=O) groups excluding carboxylic acids is 1. The quantitative estimate of drug-likeness (QED) is 0.758. The average molecular weight is 343 g/mol. The second-order valence-electron chi connectivity index (χ2n) is 4.04. The summed E-state index contributed by atoms with van der Waals surface area (Å²) in [5.41, 5.74) is 1.79. The Kier molecular flexibility index (Phi) is 4.48.